The Balaban J connectivity index is 2.31. The maximum absolute atomic E-state index is 5.41. The molecule has 0 aromatic carbocycles. The molecule has 0 amide bonds. The molecule has 6 nitrogen and oxygen atoms in total. The van der Waals surface area contributed by atoms with E-state index in [-0.39, 0.29) is 5.60 Å². The SMILES string of the molecule is COC(C)(C)CCSc1nnnn1CCNCC(C)C. The van der Waals surface area contributed by atoms with Crippen LogP contribution >= 0.6 is 11.8 Å². The number of hydrogen-bond acceptors (Lipinski definition) is 6. The Morgan fingerprint density at radius 2 is 2.15 bits per heavy atom. The lowest BCUT2D eigenvalue weighted by molar-refractivity contribution is 0.0206. The summed E-state index contributed by atoms with van der Waals surface area (Å²) in [6.45, 7) is 11.3. The van der Waals surface area contributed by atoms with Gasteiger partial charge in [-0.3, -0.25) is 0 Å². The molecule has 0 radical (unpaired) electrons. The lowest BCUT2D eigenvalue weighted by Crippen LogP contribution is -2.25. The molecular weight excluding hydrogens is 274 g/mol. The molecule has 0 aliphatic heterocycles. The van der Waals surface area contributed by atoms with Crippen LogP contribution in [0.3, 0.4) is 0 Å². The van der Waals surface area contributed by atoms with Gasteiger partial charge in [0.25, 0.3) is 0 Å². The topological polar surface area (TPSA) is 64.9 Å². The standard InChI is InChI=1S/C13H27N5OS/c1-11(2)10-14-7-8-18-12(15-16-17-18)20-9-6-13(3,4)19-5/h11,14H,6-10H2,1-5H3. The molecule has 0 aliphatic carbocycles. The number of nitrogens with zero attached hydrogens (tertiary/aromatic N) is 4. The molecule has 0 bridgehead atoms. The minimum absolute atomic E-state index is 0.0932. The highest BCUT2D eigenvalue weighted by molar-refractivity contribution is 7.99. The number of nitrogens with one attached hydrogen (secondary N) is 1. The third kappa shape index (κ3) is 6.67. The first-order valence-electron chi connectivity index (χ1n) is 7.09. The van der Waals surface area contributed by atoms with Crippen LogP contribution in [0.25, 0.3) is 0 Å². The molecule has 1 rings (SSSR count). The Morgan fingerprint density at radius 3 is 2.80 bits per heavy atom. The van der Waals surface area contributed by atoms with E-state index in [0.717, 1.165) is 37.0 Å². The molecule has 0 saturated heterocycles. The van der Waals surface area contributed by atoms with Crippen LogP contribution in [0, 0.1) is 5.92 Å². The zero-order valence-electron chi connectivity index (χ0n) is 13.2. The van der Waals surface area contributed by atoms with Crippen LogP contribution in [-0.4, -0.2) is 51.8 Å². The smallest absolute Gasteiger partial charge is 0.209 e. The number of thioether (sulfide) groups is 1. The van der Waals surface area contributed by atoms with Gasteiger partial charge in [0, 0.05) is 19.4 Å². The van der Waals surface area contributed by atoms with E-state index in [9.17, 15) is 0 Å². The Hall–Kier alpha value is -0.660. The van der Waals surface area contributed by atoms with E-state index in [1.54, 1.807) is 18.9 Å². The minimum Gasteiger partial charge on any atom is -0.379 e. The van der Waals surface area contributed by atoms with E-state index < -0.39 is 0 Å². The summed E-state index contributed by atoms with van der Waals surface area (Å²) in [4.78, 5) is 0. The van der Waals surface area contributed by atoms with Crippen molar-refractivity contribution in [3.63, 3.8) is 0 Å². The van der Waals surface area contributed by atoms with Gasteiger partial charge in [0.2, 0.25) is 5.16 Å². The lowest BCUT2D eigenvalue weighted by Gasteiger charge is -2.22. The van der Waals surface area contributed by atoms with Crippen LogP contribution in [-0.2, 0) is 11.3 Å². The Bertz CT molecular complexity index is 381. The van der Waals surface area contributed by atoms with Gasteiger partial charge in [-0.05, 0) is 43.2 Å². The van der Waals surface area contributed by atoms with Crippen molar-refractivity contribution in [2.45, 2.75) is 51.4 Å². The third-order valence-corrected chi connectivity index (χ3v) is 4.00. The first kappa shape index (κ1) is 17.4. The molecule has 7 heteroatoms. The zero-order valence-corrected chi connectivity index (χ0v) is 14.0. The Morgan fingerprint density at radius 1 is 1.40 bits per heavy atom. The number of tetrazole rings is 1. The number of methoxy groups -OCH3 is 1. The van der Waals surface area contributed by atoms with Gasteiger partial charge in [0.15, 0.2) is 0 Å². The second-order valence-electron chi connectivity index (χ2n) is 5.84. The number of aromatic nitrogens is 4. The molecule has 116 valence electrons. The van der Waals surface area contributed by atoms with Gasteiger partial charge >= 0.3 is 0 Å². The monoisotopic (exact) mass is 301 g/mol. The van der Waals surface area contributed by atoms with Crippen molar-refractivity contribution in [3.8, 4) is 0 Å². The largest absolute Gasteiger partial charge is 0.379 e. The van der Waals surface area contributed by atoms with E-state index in [0.29, 0.717) is 5.92 Å². The fourth-order valence-electron chi connectivity index (χ4n) is 1.51. The molecule has 1 aromatic rings. The van der Waals surface area contributed by atoms with E-state index >= 15 is 0 Å². The highest BCUT2D eigenvalue weighted by Gasteiger charge is 2.16. The van der Waals surface area contributed by atoms with Gasteiger partial charge in [-0.2, -0.15) is 0 Å². The van der Waals surface area contributed by atoms with Crippen LogP contribution in [0.4, 0.5) is 0 Å². The van der Waals surface area contributed by atoms with E-state index in [2.05, 4.69) is 48.5 Å². The van der Waals surface area contributed by atoms with Crippen molar-refractivity contribution >= 4 is 11.8 Å². The Labute approximate surface area is 126 Å². The number of rotatable bonds is 10. The number of ether oxygens (including phenoxy) is 1. The summed E-state index contributed by atoms with van der Waals surface area (Å²) in [6.07, 6.45) is 0.965. The summed E-state index contributed by atoms with van der Waals surface area (Å²) < 4.78 is 7.27. The highest BCUT2D eigenvalue weighted by atomic mass is 32.2. The second kappa shape index (κ2) is 8.59. The maximum atomic E-state index is 5.41. The van der Waals surface area contributed by atoms with Crippen molar-refractivity contribution in [3.05, 3.63) is 0 Å². The predicted molar refractivity (Wildman–Crippen MR) is 82.0 cm³/mol. The van der Waals surface area contributed by atoms with E-state index in [1.165, 1.54) is 0 Å². The van der Waals surface area contributed by atoms with Crippen LogP contribution < -0.4 is 5.32 Å². The van der Waals surface area contributed by atoms with Crippen LogP contribution in [0.15, 0.2) is 5.16 Å². The van der Waals surface area contributed by atoms with Crippen molar-refractivity contribution in [1.29, 1.82) is 0 Å². The first-order chi connectivity index (χ1) is 9.44. The van der Waals surface area contributed by atoms with Gasteiger partial charge < -0.3 is 10.1 Å². The predicted octanol–water partition coefficient (Wildman–Crippen LogP) is 1.83. The maximum Gasteiger partial charge on any atom is 0.209 e. The second-order valence-corrected chi connectivity index (χ2v) is 6.91. The summed E-state index contributed by atoms with van der Waals surface area (Å²) in [5.74, 6) is 1.61. The molecule has 0 fully saturated rings. The molecule has 20 heavy (non-hydrogen) atoms. The normalized spacial score (nSPS) is 12.3. The summed E-state index contributed by atoms with van der Waals surface area (Å²) in [5, 5.41) is 16.1. The molecule has 1 aromatic heterocycles. The van der Waals surface area contributed by atoms with Gasteiger partial charge in [0.1, 0.15) is 0 Å². The lowest BCUT2D eigenvalue weighted by atomic mass is 10.1. The Kier molecular flexibility index (Phi) is 7.47. The fraction of sp³-hybridized carbons (Fsp3) is 0.923. The van der Waals surface area contributed by atoms with Crippen molar-refractivity contribution in [2.24, 2.45) is 5.92 Å². The van der Waals surface area contributed by atoms with Gasteiger partial charge in [0.05, 0.1) is 12.1 Å². The van der Waals surface area contributed by atoms with E-state index in [1.807, 2.05) is 4.68 Å². The van der Waals surface area contributed by atoms with Gasteiger partial charge in [-0.15, -0.1) is 5.10 Å². The molecule has 0 aliphatic rings. The van der Waals surface area contributed by atoms with Crippen LogP contribution in [0.2, 0.25) is 0 Å². The summed E-state index contributed by atoms with van der Waals surface area (Å²) >= 11 is 1.68. The molecule has 1 N–H and O–H groups in total. The van der Waals surface area contributed by atoms with Crippen LogP contribution in [0.1, 0.15) is 34.1 Å². The van der Waals surface area contributed by atoms with Crippen molar-refractivity contribution in [1.82, 2.24) is 25.5 Å². The molecule has 0 unspecified atom stereocenters. The molecular formula is C13H27N5OS. The number of hydrogen-bond donors (Lipinski definition) is 1. The average Bonchev–Trinajstić information content (AvgIpc) is 2.82. The minimum atomic E-state index is -0.0932. The van der Waals surface area contributed by atoms with E-state index in [4.69, 9.17) is 4.74 Å². The van der Waals surface area contributed by atoms with Crippen LogP contribution in [0.5, 0.6) is 0 Å². The van der Waals surface area contributed by atoms with Crippen molar-refractivity contribution in [2.75, 3.05) is 26.0 Å². The highest BCUT2D eigenvalue weighted by Crippen LogP contribution is 2.21. The molecule has 0 atom stereocenters. The summed E-state index contributed by atoms with van der Waals surface area (Å²) in [7, 11) is 1.75. The first-order valence-corrected chi connectivity index (χ1v) is 8.08. The van der Waals surface area contributed by atoms with Gasteiger partial charge in [-0.25, -0.2) is 4.68 Å². The summed E-state index contributed by atoms with van der Waals surface area (Å²) in [5.41, 5.74) is -0.0932. The fourth-order valence-corrected chi connectivity index (χ4v) is 2.65. The van der Waals surface area contributed by atoms with Gasteiger partial charge in [-0.1, -0.05) is 25.6 Å². The average molecular weight is 301 g/mol. The summed E-state index contributed by atoms with van der Waals surface area (Å²) in [6, 6.07) is 0. The zero-order chi connectivity index (χ0) is 15.0. The third-order valence-electron chi connectivity index (χ3n) is 3.04. The molecule has 1 heterocycles. The molecule has 0 saturated carbocycles. The quantitative estimate of drug-likeness (QED) is 0.525. The van der Waals surface area contributed by atoms with Crippen molar-refractivity contribution < 1.29 is 4.74 Å². The molecule has 0 spiro atoms.